The predicted molar refractivity (Wildman–Crippen MR) is 88.8 cm³/mol. The second kappa shape index (κ2) is 6.10. The molecule has 1 aliphatic rings. The number of carbonyl (C=O) groups excluding carboxylic acids is 2. The monoisotopic (exact) mass is 359 g/mol. The van der Waals surface area contributed by atoms with Crippen molar-refractivity contribution in [3.8, 4) is 0 Å². The van der Waals surface area contributed by atoms with Gasteiger partial charge in [0, 0.05) is 6.26 Å². The average Bonchev–Trinajstić information content (AvgIpc) is 2.80. The third-order valence-electron chi connectivity index (χ3n) is 3.80. The molecule has 9 heteroatoms. The Morgan fingerprint density at radius 2 is 1.56 bits per heavy atom. The van der Waals surface area contributed by atoms with Crippen LogP contribution in [0.25, 0.3) is 0 Å². The molecule has 8 nitrogen and oxygen atoms in total. The van der Waals surface area contributed by atoms with Crippen molar-refractivity contribution in [1.82, 2.24) is 4.90 Å². The number of amides is 2. The van der Waals surface area contributed by atoms with Crippen LogP contribution in [0.5, 0.6) is 0 Å². The van der Waals surface area contributed by atoms with Crippen LogP contribution in [0.4, 0.5) is 0 Å². The van der Waals surface area contributed by atoms with Gasteiger partial charge in [-0.3, -0.25) is 14.5 Å². The van der Waals surface area contributed by atoms with Crippen LogP contribution in [0.2, 0.25) is 0 Å². The largest absolute Gasteiger partial charge is 0.270 e. The molecule has 1 heterocycles. The van der Waals surface area contributed by atoms with E-state index in [0.717, 1.165) is 4.90 Å². The molecule has 3 rings (SSSR count). The zero-order valence-electron chi connectivity index (χ0n) is 13.1. The molecule has 2 aromatic rings. The summed E-state index contributed by atoms with van der Waals surface area (Å²) in [6.07, 6.45) is 1.18. The summed E-state index contributed by atoms with van der Waals surface area (Å²) in [7, 11) is -3.14. The number of fused-ring (bicyclic) bond motifs is 1. The molecule has 1 aliphatic heterocycles. The Kier molecular flexibility index (Phi) is 4.09. The fourth-order valence-electron chi connectivity index (χ4n) is 2.59. The molecule has 0 saturated carbocycles. The van der Waals surface area contributed by atoms with E-state index in [9.17, 15) is 23.9 Å². The molecule has 1 atom stereocenters. The first kappa shape index (κ1) is 16.8. The molecule has 0 aromatic heterocycles. The molecule has 0 radical (unpaired) electrons. The van der Waals surface area contributed by atoms with Crippen LogP contribution in [-0.2, 0) is 16.3 Å². The van der Waals surface area contributed by atoms with Crippen molar-refractivity contribution in [3.63, 3.8) is 0 Å². The van der Waals surface area contributed by atoms with Gasteiger partial charge in [0.25, 0.3) is 11.8 Å². The van der Waals surface area contributed by atoms with E-state index in [1.54, 1.807) is 36.4 Å². The molecule has 0 bridgehead atoms. The summed E-state index contributed by atoms with van der Waals surface area (Å²) in [5.74, 6) is -0.736. The molecule has 0 fully saturated rings. The van der Waals surface area contributed by atoms with Crippen molar-refractivity contribution >= 4 is 21.5 Å². The maximum absolute atomic E-state index is 12.3. The van der Waals surface area contributed by atoms with E-state index in [0.29, 0.717) is 16.7 Å². The van der Waals surface area contributed by atoms with Crippen molar-refractivity contribution in [2.75, 3.05) is 6.26 Å². The Hall–Kier alpha value is -3.07. The Morgan fingerprint density at radius 1 is 1.04 bits per heavy atom. The minimum atomic E-state index is -3.14. The summed E-state index contributed by atoms with van der Waals surface area (Å²) in [6.45, 7) is 0.0594. The Bertz CT molecular complexity index is 972. The lowest BCUT2D eigenvalue weighted by Gasteiger charge is -2.14. The van der Waals surface area contributed by atoms with E-state index < -0.39 is 14.8 Å². The normalized spacial score (nSPS) is 15.6. The van der Waals surface area contributed by atoms with Crippen molar-refractivity contribution in [1.29, 1.82) is 0 Å². The highest BCUT2D eigenvalue weighted by Gasteiger charge is 2.34. The van der Waals surface area contributed by atoms with E-state index in [-0.39, 0.29) is 23.3 Å². The van der Waals surface area contributed by atoms with Crippen LogP contribution in [-0.4, -0.2) is 32.2 Å². The SMILES string of the molecule is CS(=O)(=N[N+](=O)[O-])c1ccc(CN2C(=O)c3ccccc3C2=O)cc1. The number of hydrogen-bond acceptors (Lipinski definition) is 5. The molecule has 0 spiro atoms. The number of imide groups is 1. The van der Waals surface area contributed by atoms with Gasteiger partial charge in [-0.15, -0.1) is 0 Å². The van der Waals surface area contributed by atoms with E-state index in [1.165, 1.54) is 18.4 Å². The summed E-state index contributed by atoms with van der Waals surface area (Å²) in [4.78, 5) is 36.4. The Balaban J connectivity index is 1.84. The Labute approximate surface area is 143 Å². The van der Waals surface area contributed by atoms with Crippen LogP contribution < -0.4 is 0 Å². The maximum Gasteiger partial charge on any atom is 0.261 e. The average molecular weight is 359 g/mol. The molecule has 0 aliphatic carbocycles. The smallest absolute Gasteiger partial charge is 0.261 e. The molecule has 1 unspecified atom stereocenters. The van der Waals surface area contributed by atoms with Crippen molar-refractivity contribution in [3.05, 3.63) is 75.3 Å². The van der Waals surface area contributed by atoms with Gasteiger partial charge in [-0.2, -0.15) is 0 Å². The summed E-state index contributed by atoms with van der Waals surface area (Å²) in [5.41, 5.74) is 1.37. The van der Waals surface area contributed by atoms with E-state index in [1.807, 2.05) is 0 Å². The van der Waals surface area contributed by atoms with Crippen LogP contribution in [0.15, 0.2) is 57.9 Å². The van der Waals surface area contributed by atoms with E-state index in [4.69, 9.17) is 0 Å². The van der Waals surface area contributed by atoms with Crippen LogP contribution >= 0.6 is 0 Å². The van der Waals surface area contributed by atoms with Gasteiger partial charge < -0.3 is 0 Å². The van der Waals surface area contributed by atoms with Gasteiger partial charge in [-0.1, -0.05) is 24.3 Å². The van der Waals surface area contributed by atoms with E-state index >= 15 is 0 Å². The number of benzene rings is 2. The number of rotatable bonds is 4. The van der Waals surface area contributed by atoms with Crippen LogP contribution in [0, 0.1) is 10.1 Å². The van der Waals surface area contributed by atoms with Crippen molar-refractivity contribution < 1.29 is 18.8 Å². The van der Waals surface area contributed by atoms with Gasteiger partial charge in [-0.25, -0.2) is 14.3 Å². The lowest BCUT2D eigenvalue weighted by molar-refractivity contribution is -0.482. The second-order valence-electron chi connectivity index (χ2n) is 5.51. The number of nitro groups is 1. The third-order valence-corrected chi connectivity index (χ3v) is 5.39. The highest BCUT2D eigenvalue weighted by Crippen LogP contribution is 2.24. The van der Waals surface area contributed by atoms with E-state index in [2.05, 4.69) is 4.47 Å². The lowest BCUT2D eigenvalue weighted by atomic mass is 10.1. The molecule has 2 amide bonds. The zero-order valence-corrected chi connectivity index (χ0v) is 13.9. The standard InChI is InChI=1S/C16H13N3O5S/c1-25(24,17-19(22)23)12-8-6-11(7-9-12)10-18-15(20)13-4-2-3-5-14(13)16(18)21/h2-9H,10H2,1H3. The molecule has 0 saturated heterocycles. The molecule has 2 aromatic carbocycles. The molecule has 128 valence electrons. The predicted octanol–water partition coefficient (Wildman–Crippen LogP) is 2.13. The maximum atomic E-state index is 12.3. The summed E-state index contributed by atoms with van der Waals surface area (Å²) in [6, 6.07) is 12.6. The summed E-state index contributed by atoms with van der Waals surface area (Å²) < 4.78 is 15.2. The second-order valence-corrected chi connectivity index (χ2v) is 7.75. The van der Waals surface area contributed by atoms with Gasteiger partial charge >= 0.3 is 0 Å². The first-order chi connectivity index (χ1) is 11.8. The summed E-state index contributed by atoms with van der Waals surface area (Å²) in [5, 5.41) is 9.47. The zero-order chi connectivity index (χ0) is 18.2. The van der Waals surface area contributed by atoms with Gasteiger partial charge in [0.1, 0.15) is 14.2 Å². The first-order valence-electron chi connectivity index (χ1n) is 7.20. The quantitative estimate of drug-likeness (QED) is 0.472. The fourth-order valence-corrected chi connectivity index (χ4v) is 3.58. The minimum absolute atomic E-state index is 0.0594. The lowest BCUT2D eigenvalue weighted by Crippen LogP contribution is -2.29. The van der Waals surface area contributed by atoms with Crippen molar-refractivity contribution in [2.24, 2.45) is 4.47 Å². The topological polar surface area (TPSA) is 110 Å². The number of carbonyl (C=O) groups is 2. The first-order valence-corrected chi connectivity index (χ1v) is 9.12. The van der Waals surface area contributed by atoms with Crippen LogP contribution in [0.3, 0.4) is 0 Å². The van der Waals surface area contributed by atoms with Gasteiger partial charge in [0.2, 0.25) is 0 Å². The van der Waals surface area contributed by atoms with Gasteiger partial charge in [0.15, 0.2) is 5.03 Å². The third kappa shape index (κ3) is 3.13. The van der Waals surface area contributed by atoms with Gasteiger partial charge in [-0.05, 0) is 29.8 Å². The highest BCUT2D eigenvalue weighted by molar-refractivity contribution is 7.92. The highest BCUT2D eigenvalue weighted by atomic mass is 32.2. The molecular weight excluding hydrogens is 346 g/mol. The van der Waals surface area contributed by atoms with Crippen LogP contribution in [0.1, 0.15) is 26.3 Å². The molecular formula is C16H13N3O5S. The minimum Gasteiger partial charge on any atom is -0.270 e. The van der Waals surface area contributed by atoms with Gasteiger partial charge in [0.05, 0.1) is 22.6 Å². The number of nitrogens with zero attached hydrogens (tertiary/aromatic N) is 3. The van der Waals surface area contributed by atoms with Crippen molar-refractivity contribution in [2.45, 2.75) is 11.4 Å². The molecule has 25 heavy (non-hydrogen) atoms. The Morgan fingerprint density at radius 3 is 2.04 bits per heavy atom. The summed E-state index contributed by atoms with van der Waals surface area (Å²) >= 11 is 0. The molecule has 0 N–H and O–H groups in total. The fraction of sp³-hybridized carbons (Fsp3) is 0.125. The number of hydrogen-bond donors (Lipinski definition) is 0.